The van der Waals surface area contributed by atoms with Gasteiger partial charge in [0.1, 0.15) is 0 Å². The van der Waals surface area contributed by atoms with Gasteiger partial charge in [-0.3, -0.25) is 0 Å². The number of nitrogens with one attached hydrogen (secondary N) is 1. The van der Waals surface area contributed by atoms with E-state index in [1.54, 1.807) is 0 Å². The third-order valence-electron chi connectivity index (χ3n) is 1.94. The standard InChI is InChI=1S/C6H11F2NO2S/c1-9-12(10,11)4-5-2-6(7,8)3-5/h5,9H,2-4H2,1H3. The van der Waals surface area contributed by atoms with Crippen LogP contribution in [0.2, 0.25) is 0 Å². The normalized spacial score (nSPS) is 23.6. The van der Waals surface area contributed by atoms with Gasteiger partial charge in [0, 0.05) is 12.8 Å². The maximum atomic E-state index is 12.3. The van der Waals surface area contributed by atoms with Crippen molar-refractivity contribution in [1.82, 2.24) is 4.72 Å². The molecule has 1 N–H and O–H groups in total. The molecule has 3 nitrogen and oxygen atoms in total. The van der Waals surface area contributed by atoms with Crippen LogP contribution in [0.5, 0.6) is 0 Å². The zero-order valence-electron chi connectivity index (χ0n) is 6.68. The Morgan fingerprint density at radius 1 is 1.50 bits per heavy atom. The molecule has 12 heavy (non-hydrogen) atoms. The molecule has 0 bridgehead atoms. The molecule has 0 saturated heterocycles. The monoisotopic (exact) mass is 199 g/mol. The first-order valence-electron chi connectivity index (χ1n) is 3.64. The molecular formula is C6H11F2NO2S. The van der Waals surface area contributed by atoms with E-state index in [-0.39, 0.29) is 24.5 Å². The summed E-state index contributed by atoms with van der Waals surface area (Å²) in [6.07, 6.45) is -0.595. The molecule has 72 valence electrons. The van der Waals surface area contributed by atoms with E-state index in [1.807, 2.05) is 0 Å². The Morgan fingerprint density at radius 3 is 2.33 bits per heavy atom. The number of rotatable bonds is 3. The van der Waals surface area contributed by atoms with Crippen LogP contribution in [-0.4, -0.2) is 27.1 Å². The van der Waals surface area contributed by atoms with Gasteiger partial charge in [-0.25, -0.2) is 21.9 Å². The van der Waals surface area contributed by atoms with E-state index in [9.17, 15) is 17.2 Å². The average molecular weight is 199 g/mol. The molecule has 1 saturated carbocycles. The highest BCUT2D eigenvalue weighted by atomic mass is 32.2. The lowest BCUT2D eigenvalue weighted by atomic mass is 9.83. The number of hydrogen-bond acceptors (Lipinski definition) is 2. The van der Waals surface area contributed by atoms with E-state index in [0.29, 0.717) is 0 Å². The van der Waals surface area contributed by atoms with Crippen molar-refractivity contribution in [3.05, 3.63) is 0 Å². The van der Waals surface area contributed by atoms with E-state index in [4.69, 9.17) is 0 Å². The van der Waals surface area contributed by atoms with E-state index in [2.05, 4.69) is 4.72 Å². The van der Waals surface area contributed by atoms with E-state index in [1.165, 1.54) is 7.05 Å². The van der Waals surface area contributed by atoms with Crippen LogP contribution in [0, 0.1) is 5.92 Å². The van der Waals surface area contributed by atoms with Crippen molar-refractivity contribution < 1.29 is 17.2 Å². The van der Waals surface area contributed by atoms with Crippen molar-refractivity contribution >= 4 is 10.0 Å². The van der Waals surface area contributed by atoms with Gasteiger partial charge in [-0.05, 0) is 13.0 Å². The van der Waals surface area contributed by atoms with Crippen LogP contribution in [0.15, 0.2) is 0 Å². The quantitative estimate of drug-likeness (QED) is 0.722. The summed E-state index contributed by atoms with van der Waals surface area (Å²) in [4.78, 5) is 0. The molecule has 1 rings (SSSR count). The molecule has 6 heteroatoms. The summed E-state index contributed by atoms with van der Waals surface area (Å²) < 4.78 is 48.3. The van der Waals surface area contributed by atoms with E-state index < -0.39 is 15.9 Å². The van der Waals surface area contributed by atoms with Crippen LogP contribution in [0.1, 0.15) is 12.8 Å². The van der Waals surface area contributed by atoms with Crippen LogP contribution < -0.4 is 4.72 Å². The molecule has 0 aliphatic heterocycles. The smallest absolute Gasteiger partial charge is 0.218 e. The fourth-order valence-electron chi connectivity index (χ4n) is 1.30. The van der Waals surface area contributed by atoms with E-state index in [0.717, 1.165) is 0 Å². The Hall–Kier alpha value is -0.230. The third kappa shape index (κ3) is 2.38. The maximum absolute atomic E-state index is 12.3. The molecular weight excluding hydrogens is 188 g/mol. The van der Waals surface area contributed by atoms with Gasteiger partial charge >= 0.3 is 0 Å². The highest BCUT2D eigenvalue weighted by Gasteiger charge is 2.46. The first kappa shape index (κ1) is 9.85. The zero-order chi connectivity index (χ0) is 9.41. The van der Waals surface area contributed by atoms with Crippen LogP contribution in [0.4, 0.5) is 8.78 Å². The molecule has 1 aliphatic carbocycles. The molecule has 0 unspecified atom stereocenters. The minimum atomic E-state index is -3.31. The molecule has 0 heterocycles. The minimum Gasteiger partial charge on any atom is -0.218 e. The summed E-state index contributed by atoms with van der Waals surface area (Å²) in [5.74, 6) is -3.19. The van der Waals surface area contributed by atoms with Crippen molar-refractivity contribution in [3.8, 4) is 0 Å². The van der Waals surface area contributed by atoms with Crippen molar-refractivity contribution in [2.24, 2.45) is 5.92 Å². The second kappa shape index (κ2) is 2.92. The summed E-state index contributed by atoms with van der Waals surface area (Å²) in [7, 11) is -2.03. The van der Waals surface area contributed by atoms with Crippen molar-refractivity contribution in [1.29, 1.82) is 0 Å². The molecule has 0 radical (unpaired) electrons. The summed E-state index contributed by atoms with van der Waals surface area (Å²) in [6.45, 7) is 0. The fourth-order valence-corrected chi connectivity index (χ4v) is 2.32. The molecule has 0 amide bonds. The van der Waals surface area contributed by atoms with E-state index >= 15 is 0 Å². The minimum absolute atomic E-state index is 0.181. The second-order valence-corrected chi connectivity index (χ2v) is 5.09. The second-order valence-electron chi connectivity index (χ2n) is 3.12. The Labute approximate surface area is 70.2 Å². The SMILES string of the molecule is CNS(=O)(=O)CC1CC(F)(F)C1. The number of halogens is 2. The highest BCUT2D eigenvalue weighted by molar-refractivity contribution is 7.89. The molecule has 0 aromatic rings. The van der Waals surface area contributed by atoms with Crippen LogP contribution >= 0.6 is 0 Å². The lowest BCUT2D eigenvalue weighted by molar-refractivity contribution is -0.103. The predicted octanol–water partition coefficient (Wildman–Crippen LogP) is 0.581. The van der Waals surface area contributed by atoms with Crippen LogP contribution in [0.3, 0.4) is 0 Å². The summed E-state index contributed by atoms with van der Waals surface area (Å²) in [5, 5.41) is 0. The first-order chi connectivity index (χ1) is 5.35. The lowest BCUT2D eigenvalue weighted by Crippen LogP contribution is -2.41. The predicted molar refractivity (Wildman–Crippen MR) is 40.5 cm³/mol. The highest BCUT2D eigenvalue weighted by Crippen LogP contribution is 2.42. The maximum Gasteiger partial charge on any atom is 0.248 e. The summed E-state index contributed by atoms with van der Waals surface area (Å²) >= 11 is 0. The molecule has 1 fully saturated rings. The van der Waals surface area contributed by atoms with Crippen LogP contribution in [0.25, 0.3) is 0 Å². The van der Waals surface area contributed by atoms with Gasteiger partial charge < -0.3 is 0 Å². The van der Waals surface area contributed by atoms with Crippen LogP contribution in [-0.2, 0) is 10.0 Å². The summed E-state index contributed by atoms with van der Waals surface area (Å²) in [5.41, 5.74) is 0. The molecule has 1 aliphatic rings. The largest absolute Gasteiger partial charge is 0.248 e. The molecule has 0 aromatic carbocycles. The molecule has 0 spiro atoms. The number of sulfonamides is 1. The van der Waals surface area contributed by atoms with Gasteiger partial charge in [0.05, 0.1) is 5.75 Å². The fraction of sp³-hybridized carbons (Fsp3) is 1.00. The van der Waals surface area contributed by atoms with Gasteiger partial charge in [0.15, 0.2) is 0 Å². The van der Waals surface area contributed by atoms with Gasteiger partial charge in [0.2, 0.25) is 15.9 Å². The van der Waals surface area contributed by atoms with Crippen molar-refractivity contribution in [2.75, 3.05) is 12.8 Å². The van der Waals surface area contributed by atoms with Crippen molar-refractivity contribution in [3.63, 3.8) is 0 Å². The Kier molecular flexibility index (Phi) is 2.40. The topological polar surface area (TPSA) is 46.2 Å². The Balaban J connectivity index is 2.38. The van der Waals surface area contributed by atoms with Gasteiger partial charge in [-0.15, -0.1) is 0 Å². The Morgan fingerprint density at radius 2 is 2.00 bits per heavy atom. The average Bonchev–Trinajstić information content (AvgIpc) is 1.83. The third-order valence-corrected chi connectivity index (χ3v) is 3.47. The first-order valence-corrected chi connectivity index (χ1v) is 5.29. The van der Waals surface area contributed by atoms with Gasteiger partial charge in [0.25, 0.3) is 0 Å². The number of hydrogen-bond donors (Lipinski definition) is 1. The molecule has 0 atom stereocenters. The van der Waals surface area contributed by atoms with Gasteiger partial charge in [-0.1, -0.05) is 0 Å². The summed E-state index contributed by atoms with van der Waals surface area (Å²) in [6, 6.07) is 0. The Bertz CT molecular complexity index is 255. The zero-order valence-corrected chi connectivity index (χ0v) is 7.50. The number of alkyl halides is 2. The van der Waals surface area contributed by atoms with Crippen molar-refractivity contribution in [2.45, 2.75) is 18.8 Å². The molecule has 0 aromatic heterocycles. The lowest BCUT2D eigenvalue weighted by Gasteiger charge is -2.34. The van der Waals surface area contributed by atoms with Gasteiger partial charge in [-0.2, -0.15) is 0 Å².